The lowest BCUT2D eigenvalue weighted by Gasteiger charge is -2.25. The molecule has 1 atom stereocenters. The van der Waals surface area contributed by atoms with Crippen molar-refractivity contribution in [2.75, 3.05) is 17.5 Å². The Morgan fingerprint density at radius 2 is 1.54 bits per heavy atom. The Bertz CT molecular complexity index is 1010. The third kappa shape index (κ3) is 3.88. The molecule has 1 aliphatic rings. The van der Waals surface area contributed by atoms with Crippen LogP contribution in [0.3, 0.4) is 0 Å². The van der Waals surface area contributed by atoms with Crippen LogP contribution < -0.4 is 9.04 Å². The molecule has 0 amide bonds. The van der Waals surface area contributed by atoms with Crippen LogP contribution in [0.2, 0.25) is 0 Å². The summed E-state index contributed by atoms with van der Waals surface area (Å²) < 4.78 is 39.4. The van der Waals surface area contributed by atoms with Crippen molar-refractivity contribution in [3.8, 4) is 5.75 Å². The topological polar surface area (TPSA) is 59.1 Å². The molecule has 6 heteroatoms. The Hall–Kier alpha value is -2.83. The molecule has 0 bridgehead atoms. The van der Waals surface area contributed by atoms with Crippen molar-refractivity contribution in [2.24, 2.45) is 0 Å². The number of hydrogen-bond acceptors (Lipinski definition) is 4. The van der Waals surface area contributed by atoms with E-state index in [9.17, 15) is 8.42 Å². The highest BCUT2D eigenvalue weighted by Crippen LogP contribution is 2.34. The van der Waals surface area contributed by atoms with E-state index in [0.29, 0.717) is 35.9 Å². The molecule has 1 saturated heterocycles. The van der Waals surface area contributed by atoms with Crippen LogP contribution in [-0.2, 0) is 14.8 Å². The molecule has 144 valence electrons. The minimum absolute atomic E-state index is 0.148. The minimum Gasteiger partial charge on any atom is -0.491 e. The minimum atomic E-state index is -3.82. The zero-order chi connectivity index (χ0) is 19.6. The average molecular weight is 395 g/mol. The molecule has 0 N–H and O–H groups in total. The summed E-state index contributed by atoms with van der Waals surface area (Å²) in [6.45, 7) is 2.97. The number of hydrogen-bond donors (Lipinski definition) is 0. The largest absolute Gasteiger partial charge is 0.491 e. The van der Waals surface area contributed by atoms with Gasteiger partial charge in [-0.25, -0.2) is 12.7 Å². The Labute approximate surface area is 165 Å². The van der Waals surface area contributed by atoms with E-state index in [1.165, 1.54) is 4.31 Å². The first-order valence-corrected chi connectivity index (χ1v) is 10.5. The van der Waals surface area contributed by atoms with Crippen LogP contribution in [0.25, 0.3) is 0 Å². The van der Waals surface area contributed by atoms with E-state index >= 15 is 0 Å². The maximum absolute atomic E-state index is 13.6. The van der Waals surface area contributed by atoms with Crippen molar-refractivity contribution in [1.29, 1.82) is 0 Å². The number of anilines is 2. The molecule has 0 spiro atoms. The Balaban J connectivity index is 1.73. The molecule has 1 aliphatic heterocycles. The summed E-state index contributed by atoms with van der Waals surface area (Å²) in [5, 5.41) is 0. The molecule has 5 nitrogen and oxygen atoms in total. The average Bonchev–Trinajstić information content (AvgIpc) is 3.52. The van der Waals surface area contributed by atoms with Gasteiger partial charge in [0.05, 0.1) is 22.9 Å². The number of para-hydroxylation sites is 2. The molecular formula is C22H21NO4S. The first-order chi connectivity index (χ1) is 13.6. The van der Waals surface area contributed by atoms with Crippen LogP contribution in [-0.4, -0.2) is 27.7 Å². The monoisotopic (exact) mass is 395 g/mol. The molecule has 0 radical (unpaired) electrons. The van der Waals surface area contributed by atoms with Gasteiger partial charge in [0, 0.05) is 0 Å². The summed E-state index contributed by atoms with van der Waals surface area (Å²) in [6, 6.07) is 23.2. The standard InChI is InChI=1S/C22H21NO4S/c1-17-14-20(26-15-21-16-27-21)12-13-22(17)28(24,25)23(18-8-4-2-5-9-18)19-10-6-3-7-11-19/h2-14,21H,15-16H2,1H3. The third-order valence-corrected chi connectivity index (χ3v) is 6.40. The van der Waals surface area contributed by atoms with E-state index in [4.69, 9.17) is 9.47 Å². The Morgan fingerprint density at radius 3 is 2.04 bits per heavy atom. The van der Waals surface area contributed by atoms with E-state index < -0.39 is 10.0 Å². The maximum Gasteiger partial charge on any atom is 0.268 e. The fraction of sp³-hybridized carbons (Fsp3) is 0.182. The molecule has 0 aromatic heterocycles. The van der Waals surface area contributed by atoms with Gasteiger partial charge in [0.25, 0.3) is 10.0 Å². The van der Waals surface area contributed by atoms with Gasteiger partial charge in [-0.1, -0.05) is 36.4 Å². The molecule has 4 rings (SSSR count). The van der Waals surface area contributed by atoms with Crippen molar-refractivity contribution in [3.05, 3.63) is 84.4 Å². The number of epoxide rings is 1. The third-order valence-electron chi connectivity index (χ3n) is 4.48. The van der Waals surface area contributed by atoms with Gasteiger partial charge >= 0.3 is 0 Å². The molecule has 0 saturated carbocycles. The van der Waals surface area contributed by atoms with E-state index in [1.807, 2.05) is 36.4 Å². The van der Waals surface area contributed by atoms with Crippen molar-refractivity contribution in [1.82, 2.24) is 0 Å². The number of sulfonamides is 1. The first-order valence-electron chi connectivity index (χ1n) is 9.06. The second kappa shape index (κ2) is 7.66. The van der Waals surface area contributed by atoms with Gasteiger partial charge in [-0.3, -0.25) is 0 Å². The molecule has 1 unspecified atom stereocenters. The summed E-state index contributed by atoms with van der Waals surface area (Å²) in [5.41, 5.74) is 1.80. The summed E-state index contributed by atoms with van der Waals surface area (Å²) >= 11 is 0. The summed E-state index contributed by atoms with van der Waals surface area (Å²) in [6.07, 6.45) is 0.148. The molecule has 28 heavy (non-hydrogen) atoms. The number of rotatable bonds is 7. The van der Waals surface area contributed by atoms with Gasteiger partial charge in [-0.15, -0.1) is 0 Å². The first kappa shape index (κ1) is 18.5. The van der Waals surface area contributed by atoms with Crippen LogP contribution in [0.15, 0.2) is 83.8 Å². The summed E-state index contributed by atoms with van der Waals surface area (Å²) in [7, 11) is -3.82. The predicted octanol–water partition coefficient (Wildman–Crippen LogP) is 4.30. The Morgan fingerprint density at radius 1 is 0.964 bits per heavy atom. The number of aryl methyl sites for hydroxylation is 1. The molecular weight excluding hydrogens is 374 g/mol. The highest BCUT2D eigenvalue weighted by molar-refractivity contribution is 7.93. The van der Waals surface area contributed by atoms with Crippen molar-refractivity contribution < 1.29 is 17.9 Å². The lowest BCUT2D eigenvalue weighted by Crippen LogP contribution is -2.26. The normalized spacial score (nSPS) is 15.8. The van der Waals surface area contributed by atoms with Crippen LogP contribution >= 0.6 is 0 Å². The SMILES string of the molecule is Cc1cc(OCC2CO2)ccc1S(=O)(=O)N(c1ccccc1)c1ccccc1. The zero-order valence-electron chi connectivity index (χ0n) is 15.5. The summed E-state index contributed by atoms with van der Waals surface area (Å²) in [4.78, 5) is 0.246. The lowest BCUT2D eigenvalue weighted by atomic mass is 10.2. The van der Waals surface area contributed by atoms with Gasteiger partial charge in [-0.2, -0.15) is 0 Å². The second-order valence-electron chi connectivity index (χ2n) is 6.63. The van der Waals surface area contributed by atoms with E-state index in [1.54, 1.807) is 49.4 Å². The highest BCUT2D eigenvalue weighted by Gasteiger charge is 2.28. The molecule has 3 aromatic rings. The maximum atomic E-state index is 13.6. The molecule has 1 fully saturated rings. The highest BCUT2D eigenvalue weighted by atomic mass is 32.2. The van der Waals surface area contributed by atoms with Crippen LogP contribution in [0.1, 0.15) is 5.56 Å². The van der Waals surface area contributed by atoms with Gasteiger partial charge in [0.2, 0.25) is 0 Å². The van der Waals surface area contributed by atoms with Gasteiger partial charge in [-0.05, 0) is 55.0 Å². The number of ether oxygens (including phenoxy) is 2. The second-order valence-corrected chi connectivity index (χ2v) is 8.39. The van der Waals surface area contributed by atoms with Crippen LogP contribution in [0.5, 0.6) is 5.75 Å². The Kier molecular flexibility index (Phi) is 5.07. The predicted molar refractivity (Wildman–Crippen MR) is 109 cm³/mol. The summed E-state index contributed by atoms with van der Waals surface area (Å²) in [5.74, 6) is 0.637. The number of benzene rings is 3. The van der Waals surface area contributed by atoms with Crippen molar-refractivity contribution >= 4 is 21.4 Å². The van der Waals surface area contributed by atoms with Crippen LogP contribution in [0.4, 0.5) is 11.4 Å². The molecule has 0 aliphatic carbocycles. The van der Waals surface area contributed by atoms with Crippen molar-refractivity contribution in [2.45, 2.75) is 17.9 Å². The van der Waals surface area contributed by atoms with Gasteiger partial charge in [0.1, 0.15) is 18.5 Å². The van der Waals surface area contributed by atoms with E-state index in [-0.39, 0.29) is 11.0 Å². The molecule has 3 aromatic carbocycles. The van der Waals surface area contributed by atoms with Crippen molar-refractivity contribution in [3.63, 3.8) is 0 Å². The fourth-order valence-corrected chi connectivity index (χ4v) is 4.71. The van der Waals surface area contributed by atoms with E-state index in [0.717, 1.165) is 0 Å². The molecule has 1 heterocycles. The lowest BCUT2D eigenvalue weighted by molar-refractivity contribution is 0.263. The van der Waals surface area contributed by atoms with Gasteiger partial charge in [0.15, 0.2) is 0 Å². The van der Waals surface area contributed by atoms with E-state index in [2.05, 4.69) is 0 Å². The number of nitrogens with zero attached hydrogens (tertiary/aromatic N) is 1. The van der Waals surface area contributed by atoms with Crippen LogP contribution in [0, 0.1) is 6.92 Å². The fourth-order valence-electron chi connectivity index (χ4n) is 3.01. The zero-order valence-corrected chi connectivity index (χ0v) is 16.3. The van der Waals surface area contributed by atoms with Gasteiger partial charge < -0.3 is 9.47 Å². The quantitative estimate of drug-likeness (QED) is 0.560. The smallest absolute Gasteiger partial charge is 0.268 e.